The van der Waals surface area contributed by atoms with Crippen LogP contribution in [0.15, 0.2) is 24.4 Å². The second kappa shape index (κ2) is 9.58. The molecule has 1 aromatic heterocycles. The summed E-state index contributed by atoms with van der Waals surface area (Å²) in [5, 5.41) is 9.22. The number of aromatic nitrogens is 1. The summed E-state index contributed by atoms with van der Waals surface area (Å²) in [4.78, 5) is 15.7. The van der Waals surface area contributed by atoms with Crippen LogP contribution in [0.4, 0.5) is 0 Å². The van der Waals surface area contributed by atoms with Crippen LogP contribution in [0.25, 0.3) is 0 Å². The average molecular weight is 370 g/mol. The minimum atomic E-state index is -1.69. The predicted molar refractivity (Wildman–Crippen MR) is 104 cm³/mol. The molecule has 0 bridgehead atoms. The summed E-state index contributed by atoms with van der Waals surface area (Å²) in [5.74, 6) is -0.0978. The van der Waals surface area contributed by atoms with E-state index in [1.54, 1.807) is 6.20 Å². The monoisotopic (exact) mass is 369 g/mol. The normalized spacial score (nSPS) is 13.7. The van der Waals surface area contributed by atoms with Crippen LogP contribution in [0.1, 0.15) is 45.7 Å². The molecule has 0 aliphatic carbocycles. The minimum absolute atomic E-state index is 0.217. The van der Waals surface area contributed by atoms with Gasteiger partial charge in [0.1, 0.15) is 5.25 Å². The summed E-state index contributed by atoms with van der Waals surface area (Å²) < 4.78 is 6.14. The molecule has 0 radical (unpaired) electrons. The van der Waals surface area contributed by atoms with Crippen molar-refractivity contribution in [1.29, 1.82) is 0 Å². The van der Waals surface area contributed by atoms with Crippen LogP contribution in [0, 0.1) is 0 Å². The van der Waals surface area contributed by atoms with E-state index in [-0.39, 0.29) is 10.3 Å². The fourth-order valence-corrected chi connectivity index (χ4v) is 4.03. The van der Waals surface area contributed by atoms with E-state index >= 15 is 0 Å². The Bertz CT molecular complexity index is 503. The molecule has 1 rings (SSSR count). The van der Waals surface area contributed by atoms with E-state index in [0.717, 1.165) is 25.1 Å². The number of unbranched alkanes of at least 4 members (excludes halogenated alkanes) is 1. The predicted octanol–water partition coefficient (Wildman–Crippen LogP) is 4.96. The quantitative estimate of drug-likeness (QED) is 0.466. The molecule has 6 heteroatoms. The van der Waals surface area contributed by atoms with Crippen LogP contribution >= 0.6 is 11.8 Å². The zero-order valence-electron chi connectivity index (χ0n) is 15.5. The van der Waals surface area contributed by atoms with Gasteiger partial charge in [0.15, 0.2) is 8.32 Å². The van der Waals surface area contributed by atoms with E-state index in [4.69, 9.17) is 4.43 Å². The van der Waals surface area contributed by atoms with Gasteiger partial charge in [-0.05, 0) is 49.5 Å². The van der Waals surface area contributed by atoms with Crippen molar-refractivity contribution in [2.45, 2.75) is 69.2 Å². The second-order valence-electron chi connectivity index (χ2n) is 7.56. The summed E-state index contributed by atoms with van der Waals surface area (Å²) in [6.45, 7) is 11.9. The van der Waals surface area contributed by atoms with Gasteiger partial charge < -0.3 is 9.53 Å². The third kappa shape index (κ3) is 7.36. The Morgan fingerprint density at radius 1 is 1.33 bits per heavy atom. The van der Waals surface area contributed by atoms with Gasteiger partial charge in [-0.25, -0.2) is 0 Å². The second-order valence-corrected chi connectivity index (χ2v) is 13.6. The molecule has 0 aliphatic heterocycles. The molecule has 1 atom stereocenters. The number of carbonyl (C=O) groups is 1. The highest BCUT2D eigenvalue weighted by Crippen LogP contribution is 2.36. The van der Waals surface area contributed by atoms with Gasteiger partial charge in [0.2, 0.25) is 0 Å². The molecule has 0 aromatic carbocycles. The summed E-state index contributed by atoms with van der Waals surface area (Å²) in [7, 11) is -1.69. The molecule has 0 amide bonds. The fourth-order valence-electron chi connectivity index (χ4n) is 1.92. The van der Waals surface area contributed by atoms with Crippen molar-refractivity contribution in [2.24, 2.45) is 0 Å². The molecule has 0 fully saturated rings. The molecule has 0 spiro atoms. The van der Waals surface area contributed by atoms with Crippen LogP contribution in [0.2, 0.25) is 18.1 Å². The number of carboxylic acid groups (broad SMARTS) is 1. The Morgan fingerprint density at radius 3 is 2.58 bits per heavy atom. The highest BCUT2D eigenvalue weighted by Gasteiger charge is 2.36. The lowest BCUT2D eigenvalue weighted by molar-refractivity contribution is -0.136. The van der Waals surface area contributed by atoms with E-state index in [0.29, 0.717) is 12.2 Å². The molecule has 136 valence electrons. The lowest BCUT2D eigenvalue weighted by Crippen LogP contribution is -2.40. The van der Waals surface area contributed by atoms with Gasteiger partial charge in [0, 0.05) is 18.6 Å². The molecule has 0 saturated carbocycles. The largest absolute Gasteiger partial charge is 0.480 e. The standard InChI is InChI=1S/C18H31NO3SSi/c1-18(2,3)24(4,5)22-13-9-7-11-16(17(20)21)23-14-15-10-6-8-12-19-15/h6,8,10,12,16H,7,9,11,13-14H2,1-5H3,(H,20,21). The van der Waals surface area contributed by atoms with Crippen molar-refractivity contribution < 1.29 is 14.3 Å². The van der Waals surface area contributed by atoms with Crippen molar-refractivity contribution in [3.05, 3.63) is 30.1 Å². The van der Waals surface area contributed by atoms with Crippen molar-refractivity contribution in [3.63, 3.8) is 0 Å². The number of carboxylic acids is 1. The van der Waals surface area contributed by atoms with Crippen molar-refractivity contribution in [2.75, 3.05) is 6.61 Å². The SMILES string of the molecule is CC(C)(C)[Si](C)(C)OCCCCC(SCc1ccccn1)C(=O)O. The Balaban J connectivity index is 2.31. The van der Waals surface area contributed by atoms with Crippen molar-refractivity contribution >= 4 is 26.0 Å². The third-order valence-corrected chi connectivity index (χ3v) is 10.4. The number of thioether (sulfide) groups is 1. The molecule has 4 nitrogen and oxygen atoms in total. The molecular formula is C18H31NO3SSi. The first-order valence-electron chi connectivity index (χ1n) is 8.52. The zero-order chi connectivity index (χ0) is 18.2. The maximum absolute atomic E-state index is 11.4. The average Bonchev–Trinajstić information content (AvgIpc) is 2.49. The molecule has 24 heavy (non-hydrogen) atoms. The smallest absolute Gasteiger partial charge is 0.316 e. The zero-order valence-corrected chi connectivity index (χ0v) is 17.4. The van der Waals surface area contributed by atoms with E-state index in [2.05, 4.69) is 38.8 Å². The Labute approximate surface area is 151 Å². The first kappa shape index (κ1) is 21.2. The van der Waals surface area contributed by atoms with Crippen molar-refractivity contribution in [1.82, 2.24) is 4.98 Å². The molecule has 1 heterocycles. The molecular weight excluding hydrogens is 338 g/mol. The Kier molecular flexibility index (Phi) is 8.46. The summed E-state index contributed by atoms with van der Waals surface area (Å²) in [6.07, 6.45) is 4.21. The lowest BCUT2D eigenvalue weighted by atomic mass is 10.2. The third-order valence-electron chi connectivity index (χ3n) is 4.56. The number of nitrogens with zero attached hydrogens (tertiary/aromatic N) is 1. The maximum atomic E-state index is 11.4. The van der Waals surface area contributed by atoms with Crippen LogP contribution in [0.3, 0.4) is 0 Å². The lowest BCUT2D eigenvalue weighted by Gasteiger charge is -2.36. The number of aliphatic carboxylic acids is 1. The van der Waals surface area contributed by atoms with Gasteiger partial charge in [0.05, 0.1) is 5.69 Å². The number of rotatable bonds is 10. The number of pyridine rings is 1. The van der Waals surface area contributed by atoms with Crippen LogP contribution in [-0.4, -0.2) is 36.2 Å². The highest BCUT2D eigenvalue weighted by atomic mass is 32.2. The van der Waals surface area contributed by atoms with E-state index in [1.807, 2.05) is 18.2 Å². The van der Waals surface area contributed by atoms with E-state index < -0.39 is 14.3 Å². The van der Waals surface area contributed by atoms with Gasteiger partial charge in [-0.15, -0.1) is 11.8 Å². The first-order chi connectivity index (χ1) is 11.1. The topological polar surface area (TPSA) is 59.4 Å². The summed E-state index contributed by atoms with van der Waals surface area (Å²) >= 11 is 1.46. The van der Waals surface area contributed by atoms with Crippen molar-refractivity contribution in [3.8, 4) is 0 Å². The first-order valence-corrected chi connectivity index (χ1v) is 12.5. The Hall–Kier alpha value is -0.853. The minimum Gasteiger partial charge on any atom is -0.480 e. The summed E-state index contributed by atoms with van der Waals surface area (Å²) in [5.41, 5.74) is 0.926. The van der Waals surface area contributed by atoms with Crippen LogP contribution in [-0.2, 0) is 15.0 Å². The van der Waals surface area contributed by atoms with Crippen LogP contribution in [0.5, 0.6) is 0 Å². The van der Waals surface area contributed by atoms with Gasteiger partial charge in [-0.2, -0.15) is 0 Å². The highest BCUT2D eigenvalue weighted by molar-refractivity contribution is 7.99. The van der Waals surface area contributed by atoms with Gasteiger partial charge >= 0.3 is 5.97 Å². The van der Waals surface area contributed by atoms with Gasteiger partial charge in [0.25, 0.3) is 0 Å². The van der Waals surface area contributed by atoms with Gasteiger partial charge in [-0.1, -0.05) is 26.8 Å². The maximum Gasteiger partial charge on any atom is 0.316 e. The summed E-state index contributed by atoms with van der Waals surface area (Å²) in [6, 6.07) is 5.72. The number of hydrogen-bond acceptors (Lipinski definition) is 4. The molecule has 0 saturated heterocycles. The molecule has 1 N–H and O–H groups in total. The molecule has 1 aromatic rings. The van der Waals surface area contributed by atoms with E-state index in [1.165, 1.54) is 11.8 Å². The number of hydrogen-bond donors (Lipinski definition) is 1. The van der Waals surface area contributed by atoms with Crippen LogP contribution < -0.4 is 0 Å². The Morgan fingerprint density at radius 2 is 2.04 bits per heavy atom. The fraction of sp³-hybridized carbons (Fsp3) is 0.667. The molecule has 1 unspecified atom stereocenters. The van der Waals surface area contributed by atoms with Gasteiger partial charge in [-0.3, -0.25) is 9.78 Å². The van der Waals surface area contributed by atoms with E-state index in [9.17, 15) is 9.90 Å². The molecule has 0 aliphatic rings.